The van der Waals surface area contributed by atoms with E-state index in [4.69, 9.17) is 20.8 Å². The standard InChI is InChI=1S/C19H24ClN5O3S/c1-11(24-29(26)19(2,3)4)12-9-13-14-15(28-17(13)21-10-12)16(23-18(20)22-14)25-5-7-27-8-6-25/h9-11,24H,5-8H2,1-4H3/t11-,29+/m1/s1. The monoisotopic (exact) mass is 437 g/mol. The molecule has 29 heavy (non-hydrogen) atoms. The highest BCUT2D eigenvalue weighted by Crippen LogP contribution is 2.34. The summed E-state index contributed by atoms with van der Waals surface area (Å²) in [4.78, 5) is 15.3. The highest BCUT2D eigenvalue weighted by atomic mass is 35.5. The van der Waals surface area contributed by atoms with Gasteiger partial charge in [0.2, 0.25) is 11.0 Å². The molecule has 0 saturated carbocycles. The largest absolute Gasteiger partial charge is 0.432 e. The van der Waals surface area contributed by atoms with Gasteiger partial charge >= 0.3 is 0 Å². The summed E-state index contributed by atoms with van der Waals surface area (Å²) in [7, 11) is -1.20. The summed E-state index contributed by atoms with van der Waals surface area (Å²) >= 11 is 6.23. The number of hydrogen-bond donors (Lipinski definition) is 1. The zero-order valence-electron chi connectivity index (χ0n) is 16.9. The minimum Gasteiger partial charge on any atom is -0.432 e. The molecule has 1 fully saturated rings. The Morgan fingerprint density at radius 3 is 2.69 bits per heavy atom. The van der Waals surface area contributed by atoms with Crippen LogP contribution in [0.2, 0.25) is 5.28 Å². The number of fused-ring (bicyclic) bond motifs is 3. The van der Waals surface area contributed by atoms with Gasteiger partial charge in [-0.05, 0) is 50.9 Å². The molecule has 8 nitrogen and oxygen atoms in total. The van der Waals surface area contributed by atoms with E-state index in [0.717, 1.165) is 10.9 Å². The molecule has 1 aliphatic heterocycles. The van der Waals surface area contributed by atoms with Gasteiger partial charge in [0.05, 0.1) is 34.3 Å². The number of pyridine rings is 1. The minimum absolute atomic E-state index is 0.159. The second kappa shape index (κ2) is 7.79. The molecule has 3 aromatic heterocycles. The average molecular weight is 438 g/mol. The lowest BCUT2D eigenvalue weighted by Gasteiger charge is -2.27. The van der Waals surface area contributed by atoms with E-state index >= 15 is 0 Å². The zero-order chi connectivity index (χ0) is 20.8. The maximum absolute atomic E-state index is 12.4. The van der Waals surface area contributed by atoms with Crippen LogP contribution in [-0.2, 0) is 15.7 Å². The molecule has 1 aliphatic rings. The molecule has 0 bridgehead atoms. The molecule has 4 rings (SSSR count). The molecule has 3 aromatic rings. The number of rotatable bonds is 4. The predicted octanol–water partition coefficient (Wildman–Crippen LogP) is 3.37. The van der Waals surface area contributed by atoms with Crippen molar-refractivity contribution in [2.45, 2.75) is 38.5 Å². The average Bonchev–Trinajstić information content (AvgIpc) is 3.05. The molecule has 0 amide bonds. The third kappa shape index (κ3) is 4.09. The van der Waals surface area contributed by atoms with Gasteiger partial charge < -0.3 is 14.1 Å². The number of nitrogens with zero attached hydrogens (tertiary/aromatic N) is 4. The van der Waals surface area contributed by atoms with Gasteiger partial charge in [0.1, 0.15) is 5.52 Å². The minimum atomic E-state index is -1.20. The second-order valence-electron chi connectivity index (χ2n) is 8.04. The molecular formula is C19H24ClN5O3S. The number of ether oxygens (including phenoxy) is 1. The van der Waals surface area contributed by atoms with Crippen LogP contribution in [0, 0.1) is 0 Å². The number of nitrogens with one attached hydrogen (secondary N) is 1. The number of morpholine rings is 1. The van der Waals surface area contributed by atoms with Crippen LogP contribution in [0.5, 0.6) is 0 Å². The molecule has 0 aromatic carbocycles. The lowest BCUT2D eigenvalue weighted by Crippen LogP contribution is -2.36. The van der Waals surface area contributed by atoms with Crippen molar-refractivity contribution in [2.75, 3.05) is 31.2 Å². The predicted molar refractivity (Wildman–Crippen MR) is 115 cm³/mol. The van der Waals surface area contributed by atoms with Crippen molar-refractivity contribution in [1.82, 2.24) is 19.7 Å². The van der Waals surface area contributed by atoms with Crippen molar-refractivity contribution < 1.29 is 13.4 Å². The fraction of sp³-hybridized carbons (Fsp3) is 0.526. The fourth-order valence-electron chi connectivity index (χ4n) is 3.14. The SMILES string of the molecule is C[C@@H](N[S@@](=O)C(C)(C)C)c1cnc2oc3c(N4CCOCC4)nc(Cl)nc3c2c1. The summed E-state index contributed by atoms with van der Waals surface area (Å²) in [6.45, 7) is 10.4. The Morgan fingerprint density at radius 2 is 2.00 bits per heavy atom. The number of aromatic nitrogens is 3. The van der Waals surface area contributed by atoms with Gasteiger partial charge in [-0.3, -0.25) is 0 Å². The van der Waals surface area contributed by atoms with E-state index in [1.165, 1.54) is 0 Å². The fourth-order valence-corrected chi connectivity index (χ4v) is 4.11. The highest BCUT2D eigenvalue weighted by Gasteiger charge is 2.24. The van der Waals surface area contributed by atoms with E-state index in [9.17, 15) is 4.21 Å². The number of halogens is 1. The molecule has 156 valence electrons. The van der Waals surface area contributed by atoms with Crippen LogP contribution in [0.25, 0.3) is 22.2 Å². The van der Waals surface area contributed by atoms with Crippen LogP contribution in [0.4, 0.5) is 5.82 Å². The molecule has 0 spiro atoms. The second-order valence-corrected chi connectivity index (χ2v) is 10.4. The van der Waals surface area contributed by atoms with Crippen molar-refractivity contribution in [3.8, 4) is 0 Å². The van der Waals surface area contributed by atoms with Crippen LogP contribution < -0.4 is 9.62 Å². The summed E-state index contributed by atoms with van der Waals surface area (Å²) < 4.78 is 26.7. The molecule has 0 aliphatic carbocycles. The van der Waals surface area contributed by atoms with E-state index in [2.05, 4.69) is 24.6 Å². The highest BCUT2D eigenvalue weighted by molar-refractivity contribution is 7.84. The maximum Gasteiger partial charge on any atom is 0.229 e. The molecule has 1 N–H and O–H groups in total. The summed E-state index contributed by atoms with van der Waals surface area (Å²) in [6, 6.07) is 1.80. The summed E-state index contributed by atoms with van der Waals surface area (Å²) in [5, 5.41) is 0.915. The van der Waals surface area contributed by atoms with Crippen molar-refractivity contribution in [3.05, 3.63) is 23.1 Å². The smallest absolute Gasteiger partial charge is 0.229 e. The van der Waals surface area contributed by atoms with Crippen molar-refractivity contribution >= 4 is 50.6 Å². The lowest BCUT2D eigenvalue weighted by molar-refractivity contribution is 0.122. The Bertz CT molecular complexity index is 1080. The van der Waals surface area contributed by atoms with Gasteiger partial charge in [-0.2, -0.15) is 4.98 Å². The van der Waals surface area contributed by atoms with Crippen LogP contribution >= 0.6 is 11.6 Å². The van der Waals surface area contributed by atoms with Crippen LogP contribution in [0.15, 0.2) is 16.7 Å². The normalized spacial score (nSPS) is 17.8. The van der Waals surface area contributed by atoms with E-state index in [-0.39, 0.29) is 16.1 Å². The summed E-state index contributed by atoms with van der Waals surface area (Å²) in [5.74, 6) is 0.655. The van der Waals surface area contributed by atoms with Crippen molar-refractivity contribution in [2.24, 2.45) is 0 Å². The Kier molecular flexibility index (Phi) is 5.50. The maximum atomic E-state index is 12.4. The van der Waals surface area contributed by atoms with Gasteiger partial charge in [0, 0.05) is 25.3 Å². The van der Waals surface area contributed by atoms with Gasteiger partial charge in [0.25, 0.3) is 0 Å². The Hall–Kier alpha value is -1.81. The van der Waals surface area contributed by atoms with Crippen molar-refractivity contribution in [3.63, 3.8) is 0 Å². The molecule has 2 atom stereocenters. The van der Waals surface area contributed by atoms with Crippen molar-refractivity contribution in [1.29, 1.82) is 0 Å². The Balaban J connectivity index is 1.76. The Labute approximate surface area is 176 Å². The third-order valence-corrected chi connectivity index (χ3v) is 6.65. The van der Waals surface area contributed by atoms with Crippen LogP contribution in [-0.4, -0.2) is 50.2 Å². The summed E-state index contributed by atoms with van der Waals surface area (Å²) in [6.07, 6.45) is 1.73. The van der Waals surface area contributed by atoms with Gasteiger partial charge in [-0.1, -0.05) is 0 Å². The molecule has 0 radical (unpaired) electrons. The lowest BCUT2D eigenvalue weighted by atomic mass is 10.1. The van der Waals surface area contributed by atoms with Gasteiger partial charge in [0.15, 0.2) is 11.4 Å². The number of hydrogen-bond acceptors (Lipinski definition) is 7. The first-order valence-corrected chi connectivity index (χ1v) is 11.0. The van der Waals surface area contributed by atoms with Crippen LogP contribution in [0.3, 0.4) is 0 Å². The molecule has 1 saturated heterocycles. The van der Waals surface area contributed by atoms with E-state index in [1.54, 1.807) is 6.20 Å². The third-order valence-electron chi connectivity index (χ3n) is 4.80. The number of anilines is 1. The van der Waals surface area contributed by atoms with Gasteiger partial charge in [-0.25, -0.2) is 18.9 Å². The van der Waals surface area contributed by atoms with Crippen LogP contribution in [0.1, 0.15) is 39.3 Å². The topological polar surface area (TPSA) is 93.4 Å². The van der Waals surface area contributed by atoms with E-state index in [1.807, 2.05) is 33.8 Å². The first-order valence-electron chi connectivity index (χ1n) is 9.50. The molecule has 0 unspecified atom stereocenters. The van der Waals surface area contributed by atoms with Gasteiger partial charge in [-0.15, -0.1) is 0 Å². The molecule has 10 heteroatoms. The zero-order valence-corrected chi connectivity index (χ0v) is 18.4. The number of furan rings is 1. The quantitative estimate of drug-likeness (QED) is 0.625. The summed E-state index contributed by atoms with van der Waals surface area (Å²) in [5.41, 5.74) is 2.55. The molecular weight excluding hydrogens is 414 g/mol. The Morgan fingerprint density at radius 1 is 1.28 bits per heavy atom. The first kappa shape index (κ1) is 20.5. The van der Waals surface area contributed by atoms with E-state index in [0.29, 0.717) is 48.9 Å². The van der Waals surface area contributed by atoms with E-state index < -0.39 is 11.0 Å². The first-order chi connectivity index (χ1) is 13.7. The molecule has 4 heterocycles.